The first kappa shape index (κ1) is 11.9. The molecule has 0 amide bonds. The molecule has 0 heterocycles. The van der Waals surface area contributed by atoms with Crippen LogP contribution in [0.5, 0.6) is 0 Å². The third kappa shape index (κ3) is 5.27. The number of rotatable bonds is 2. The molecule has 0 fully saturated rings. The third-order valence-electron chi connectivity index (χ3n) is 1.55. The summed E-state index contributed by atoms with van der Waals surface area (Å²) in [6.45, 7) is 0. The molecule has 1 aromatic rings. The second-order valence-electron chi connectivity index (χ2n) is 2.81. The fraction of sp³-hybridized carbons (Fsp3) is 0.0909. The summed E-state index contributed by atoms with van der Waals surface area (Å²) in [4.78, 5) is 0. The van der Waals surface area contributed by atoms with E-state index in [0.717, 1.165) is 11.6 Å². The van der Waals surface area contributed by atoms with Crippen molar-refractivity contribution in [2.24, 2.45) is 0 Å². The molecule has 0 bridgehead atoms. The van der Waals surface area contributed by atoms with Gasteiger partial charge >= 0.3 is 6.18 Å². The maximum Gasteiger partial charge on any atom is 0.409 e. The molecule has 15 heavy (non-hydrogen) atoms. The molecule has 0 radical (unpaired) electrons. The highest BCUT2D eigenvalue weighted by molar-refractivity contribution is 6.30. The van der Waals surface area contributed by atoms with Crippen LogP contribution in [0.15, 0.2) is 42.5 Å². The second-order valence-corrected chi connectivity index (χ2v) is 3.25. The summed E-state index contributed by atoms with van der Waals surface area (Å²) >= 11 is 5.65. The molecule has 0 aliphatic rings. The van der Waals surface area contributed by atoms with Gasteiger partial charge in [0.2, 0.25) is 0 Å². The first-order chi connectivity index (χ1) is 6.97. The Morgan fingerprint density at radius 1 is 1.00 bits per heavy atom. The molecule has 0 N–H and O–H groups in total. The van der Waals surface area contributed by atoms with E-state index in [-0.39, 0.29) is 6.08 Å². The van der Waals surface area contributed by atoms with Crippen LogP contribution in [0.4, 0.5) is 13.2 Å². The molecule has 1 aromatic carbocycles. The van der Waals surface area contributed by atoms with E-state index in [9.17, 15) is 13.2 Å². The number of halogens is 4. The minimum Gasteiger partial charge on any atom is -0.167 e. The van der Waals surface area contributed by atoms with E-state index in [1.165, 1.54) is 6.08 Å². The Morgan fingerprint density at radius 2 is 1.60 bits per heavy atom. The smallest absolute Gasteiger partial charge is 0.167 e. The number of hydrogen-bond donors (Lipinski definition) is 0. The van der Waals surface area contributed by atoms with Crippen molar-refractivity contribution < 1.29 is 13.2 Å². The lowest BCUT2D eigenvalue weighted by molar-refractivity contribution is -0.0798. The largest absolute Gasteiger partial charge is 0.409 e. The molecule has 0 aromatic heterocycles. The lowest BCUT2D eigenvalue weighted by Crippen LogP contribution is -1.99. The molecule has 0 atom stereocenters. The van der Waals surface area contributed by atoms with Crippen LogP contribution in [-0.2, 0) is 0 Å². The quantitative estimate of drug-likeness (QED) is 0.660. The van der Waals surface area contributed by atoms with Crippen LogP contribution >= 0.6 is 11.6 Å². The molecule has 0 unspecified atom stereocenters. The standard InChI is InChI=1S/C11H8ClF3/c12-10-6-4-9(5-7-10)3-1-2-8-11(13,14)15/h1-8H/b3-1+,8-2+. The topological polar surface area (TPSA) is 0 Å². The second kappa shape index (κ2) is 5.03. The van der Waals surface area contributed by atoms with Gasteiger partial charge in [-0.3, -0.25) is 0 Å². The summed E-state index contributed by atoms with van der Waals surface area (Å²) < 4.78 is 35.1. The van der Waals surface area contributed by atoms with Crippen LogP contribution in [0, 0.1) is 0 Å². The molecule has 0 aliphatic carbocycles. The summed E-state index contributed by atoms with van der Waals surface area (Å²) in [7, 11) is 0. The number of hydrogen-bond acceptors (Lipinski definition) is 0. The van der Waals surface area contributed by atoms with Gasteiger partial charge in [-0.2, -0.15) is 13.2 Å². The van der Waals surface area contributed by atoms with Gasteiger partial charge in [-0.25, -0.2) is 0 Å². The molecular formula is C11H8ClF3. The van der Waals surface area contributed by atoms with Crippen LogP contribution in [0.2, 0.25) is 5.02 Å². The van der Waals surface area contributed by atoms with Gasteiger partial charge in [-0.1, -0.05) is 42.0 Å². The van der Waals surface area contributed by atoms with Crippen molar-refractivity contribution in [1.82, 2.24) is 0 Å². The summed E-state index contributed by atoms with van der Waals surface area (Å²) in [5.41, 5.74) is 0.797. The van der Waals surface area contributed by atoms with E-state index in [1.54, 1.807) is 30.3 Å². The van der Waals surface area contributed by atoms with E-state index >= 15 is 0 Å². The van der Waals surface area contributed by atoms with Crippen LogP contribution in [0.25, 0.3) is 6.08 Å². The Labute approximate surface area is 90.7 Å². The van der Waals surface area contributed by atoms with Crippen molar-refractivity contribution in [3.63, 3.8) is 0 Å². The normalized spacial score (nSPS) is 12.8. The highest BCUT2D eigenvalue weighted by Gasteiger charge is 2.21. The molecule has 0 saturated carbocycles. The van der Waals surface area contributed by atoms with Gasteiger partial charge in [0.15, 0.2) is 0 Å². The molecule has 80 valence electrons. The van der Waals surface area contributed by atoms with Crippen molar-refractivity contribution in [2.75, 3.05) is 0 Å². The zero-order valence-corrected chi connectivity index (χ0v) is 8.39. The van der Waals surface area contributed by atoms with Gasteiger partial charge in [-0.15, -0.1) is 0 Å². The fourth-order valence-corrected chi connectivity index (χ4v) is 1.03. The van der Waals surface area contributed by atoms with Crippen LogP contribution < -0.4 is 0 Å². The van der Waals surface area contributed by atoms with Gasteiger partial charge in [0.1, 0.15) is 0 Å². The first-order valence-electron chi connectivity index (χ1n) is 4.15. The van der Waals surface area contributed by atoms with Crippen LogP contribution in [-0.4, -0.2) is 6.18 Å². The van der Waals surface area contributed by atoms with Gasteiger partial charge < -0.3 is 0 Å². The number of alkyl halides is 3. The molecule has 0 spiro atoms. The van der Waals surface area contributed by atoms with Crippen LogP contribution in [0.3, 0.4) is 0 Å². The summed E-state index contributed by atoms with van der Waals surface area (Å²) in [5, 5.41) is 0.595. The Balaban J connectivity index is 2.59. The number of benzene rings is 1. The van der Waals surface area contributed by atoms with Crippen molar-refractivity contribution in [1.29, 1.82) is 0 Å². The molecule has 0 saturated heterocycles. The zero-order chi connectivity index (χ0) is 11.3. The van der Waals surface area contributed by atoms with Gasteiger partial charge in [0.05, 0.1) is 0 Å². The van der Waals surface area contributed by atoms with Crippen molar-refractivity contribution in [2.45, 2.75) is 6.18 Å². The van der Waals surface area contributed by atoms with Gasteiger partial charge in [0.25, 0.3) is 0 Å². The van der Waals surface area contributed by atoms with Crippen LogP contribution in [0.1, 0.15) is 5.56 Å². The summed E-state index contributed by atoms with van der Waals surface area (Å²) in [6.07, 6.45) is -0.229. The zero-order valence-electron chi connectivity index (χ0n) is 7.63. The van der Waals surface area contributed by atoms with E-state index < -0.39 is 6.18 Å². The maximum absolute atomic E-state index is 11.7. The van der Waals surface area contributed by atoms with Crippen molar-refractivity contribution in [3.05, 3.63) is 53.1 Å². The Hall–Kier alpha value is -1.22. The molecule has 0 aliphatic heterocycles. The minimum absolute atomic E-state index is 0.180. The molecule has 0 nitrogen and oxygen atoms in total. The van der Waals surface area contributed by atoms with Crippen molar-refractivity contribution in [3.8, 4) is 0 Å². The fourth-order valence-electron chi connectivity index (χ4n) is 0.905. The van der Waals surface area contributed by atoms with E-state index in [4.69, 9.17) is 11.6 Å². The predicted molar refractivity (Wildman–Crippen MR) is 55.7 cm³/mol. The third-order valence-corrected chi connectivity index (χ3v) is 1.81. The lowest BCUT2D eigenvalue weighted by Gasteiger charge is -1.95. The monoisotopic (exact) mass is 232 g/mol. The van der Waals surface area contributed by atoms with E-state index in [0.29, 0.717) is 5.02 Å². The molecule has 1 rings (SSSR count). The minimum atomic E-state index is -4.26. The van der Waals surface area contributed by atoms with Gasteiger partial charge in [-0.05, 0) is 17.7 Å². The Bertz CT molecular complexity index is 360. The molecular weight excluding hydrogens is 225 g/mol. The Kier molecular flexibility index (Phi) is 3.97. The molecule has 4 heteroatoms. The number of allylic oxidation sites excluding steroid dienone is 3. The lowest BCUT2D eigenvalue weighted by atomic mass is 10.2. The van der Waals surface area contributed by atoms with E-state index in [2.05, 4.69) is 0 Å². The first-order valence-corrected chi connectivity index (χ1v) is 4.53. The maximum atomic E-state index is 11.7. The Morgan fingerprint density at radius 3 is 2.13 bits per heavy atom. The predicted octanol–water partition coefficient (Wildman–Crippen LogP) is 4.47. The summed E-state index contributed by atoms with van der Waals surface area (Å²) in [5.74, 6) is 0. The van der Waals surface area contributed by atoms with Crippen molar-refractivity contribution >= 4 is 17.7 Å². The highest BCUT2D eigenvalue weighted by Crippen LogP contribution is 2.16. The van der Waals surface area contributed by atoms with Gasteiger partial charge in [0, 0.05) is 11.1 Å². The average molecular weight is 233 g/mol. The highest BCUT2D eigenvalue weighted by atomic mass is 35.5. The van der Waals surface area contributed by atoms with E-state index in [1.807, 2.05) is 0 Å². The summed E-state index contributed by atoms with van der Waals surface area (Å²) in [6, 6.07) is 6.80. The average Bonchev–Trinajstić information content (AvgIpc) is 2.14. The SMILES string of the molecule is FC(F)(F)/C=C/C=C/c1ccc(Cl)cc1.